The molecule has 5 nitrogen and oxygen atoms in total. The monoisotopic (exact) mass is 313 g/mol. The number of amides is 1. The molecule has 0 aliphatic carbocycles. The third-order valence-electron chi connectivity index (χ3n) is 3.20. The SMILES string of the molecule is COC(=O)Cc1ccc(OCC(=O)NCc2ccccc2)cc1. The van der Waals surface area contributed by atoms with E-state index in [1.54, 1.807) is 24.3 Å². The van der Waals surface area contributed by atoms with Crippen LogP contribution in [0.1, 0.15) is 11.1 Å². The lowest BCUT2D eigenvalue weighted by Crippen LogP contribution is -2.28. The summed E-state index contributed by atoms with van der Waals surface area (Å²) < 4.78 is 10.0. The van der Waals surface area contributed by atoms with Crippen LogP contribution in [0.5, 0.6) is 5.75 Å². The highest BCUT2D eigenvalue weighted by atomic mass is 16.5. The molecule has 0 heterocycles. The number of ether oxygens (including phenoxy) is 2. The highest BCUT2D eigenvalue weighted by molar-refractivity contribution is 5.77. The Labute approximate surface area is 135 Å². The van der Waals surface area contributed by atoms with E-state index in [2.05, 4.69) is 10.1 Å². The van der Waals surface area contributed by atoms with Gasteiger partial charge in [-0.15, -0.1) is 0 Å². The number of rotatable bonds is 7. The molecule has 0 bridgehead atoms. The Morgan fingerprint density at radius 2 is 1.65 bits per heavy atom. The van der Waals surface area contributed by atoms with Crippen molar-refractivity contribution in [3.63, 3.8) is 0 Å². The van der Waals surface area contributed by atoms with Crippen LogP contribution >= 0.6 is 0 Å². The second-order valence-corrected chi connectivity index (χ2v) is 4.95. The third kappa shape index (κ3) is 5.82. The zero-order valence-electron chi connectivity index (χ0n) is 13.0. The molecule has 120 valence electrons. The summed E-state index contributed by atoms with van der Waals surface area (Å²) in [4.78, 5) is 22.9. The van der Waals surface area contributed by atoms with Crippen molar-refractivity contribution >= 4 is 11.9 Å². The van der Waals surface area contributed by atoms with Crippen LogP contribution in [0, 0.1) is 0 Å². The van der Waals surface area contributed by atoms with Gasteiger partial charge in [0.05, 0.1) is 13.5 Å². The average Bonchev–Trinajstić information content (AvgIpc) is 2.60. The molecule has 23 heavy (non-hydrogen) atoms. The van der Waals surface area contributed by atoms with E-state index in [1.807, 2.05) is 30.3 Å². The van der Waals surface area contributed by atoms with E-state index >= 15 is 0 Å². The van der Waals surface area contributed by atoms with Crippen LogP contribution in [-0.4, -0.2) is 25.6 Å². The van der Waals surface area contributed by atoms with E-state index in [-0.39, 0.29) is 24.9 Å². The molecule has 2 rings (SSSR count). The summed E-state index contributed by atoms with van der Waals surface area (Å²) in [6, 6.07) is 16.7. The molecule has 0 atom stereocenters. The first-order valence-electron chi connectivity index (χ1n) is 7.26. The predicted octanol–water partition coefficient (Wildman–Crippen LogP) is 2.10. The van der Waals surface area contributed by atoms with Crippen LogP contribution in [-0.2, 0) is 27.3 Å². The van der Waals surface area contributed by atoms with Gasteiger partial charge in [-0.1, -0.05) is 42.5 Å². The smallest absolute Gasteiger partial charge is 0.309 e. The highest BCUT2D eigenvalue weighted by Gasteiger charge is 2.05. The summed E-state index contributed by atoms with van der Waals surface area (Å²) in [6.45, 7) is 0.421. The van der Waals surface area contributed by atoms with Crippen molar-refractivity contribution in [3.05, 3.63) is 65.7 Å². The van der Waals surface area contributed by atoms with Crippen molar-refractivity contribution in [3.8, 4) is 5.75 Å². The molecule has 0 aromatic heterocycles. The van der Waals surface area contributed by atoms with Crippen molar-refractivity contribution in [2.45, 2.75) is 13.0 Å². The topological polar surface area (TPSA) is 64.6 Å². The first-order valence-corrected chi connectivity index (χ1v) is 7.26. The largest absolute Gasteiger partial charge is 0.484 e. The normalized spacial score (nSPS) is 9.96. The van der Waals surface area contributed by atoms with Crippen LogP contribution in [0.3, 0.4) is 0 Å². The molecule has 0 saturated heterocycles. The minimum atomic E-state index is -0.293. The lowest BCUT2D eigenvalue weighted by Gasteiger charge is -2.08. The number of hydrogen-bond donors (Lipinski definition) is 1. The molecule has 0 radical (unpaired) electrons. The van der Waals surface area contributed by atoms with Gasteiger partial charge in [-0.3, -0.25) is 9.59 Å². The van der Waals surface area contributed by atoms with Gasteiger partial charge in [0, 0.05) is 6.54 Å². The van der Waals surface area contributed by atoms with Crippen molar-refractivity contribution in [2.24, 2.45) is 0 Å². The van der Waals surface area contributed by atoms with Crippen molar-refractivity contribution in [2.75, 3.05) is 13.7 Å². The third-order valence-corrected chi connectivity index (χ3v) is 3.20. The summed E-state index contributed by atoms with van der Waals surface area (Å²) in [6.07, 6.45) is 0.217. The standard InChI is InChI=1S/C18H19NO4/c1-22-18(21)11-14-7-9-16(10-8-14)23-13-17(20)19-12-15-5-3-2-4-6-15/h2-10H,11-13H2,1H3,(H,19,20). The minimum Gasteiger partial charge on any atom is -0.484 e. The Kier molecular flexibility index (Phi) is 6.17. The van der Waals surface area contributed by atoms with E-state index in [1.165, 1.54) is 7.11 Å². The van der Waals surface area contributed by atoms with Gasteiger partial charge in [-0.25, -0.2) is 0 Å². The van der Waals surface area contributed by atoms with E-state index in [9.17, 15) is 9.59 Å². The molecule has 1 amide bonds. The van der Waals surface area contributed by atoms with Crippen molar-refractivity contribution in [1.82, 2.24) is 5.32 Å². The van der Waals surface area contributed by atoms with Gasteiger partial charge in [0.2, 0.25) is 0 Å². The average molecular weight is 313 g/mol. The van der Waals surface area contributed by atoms with Crippen molar-refractivity contribution in [1.29, 1.82) is 0 Å². The summed E-state index contributed by atoms with van der Waals surface area (Å²) in [7, 11) is 1.36. The van der Waals surface area contributed by atoms with Crippen molar-refractivity contribution < 1.29 is 19.1 Å². The Morgan fingerprint density at radius 1 is 0.957 bits per heavy atom. The Morgan fingerprint density at radius 3 is 2.30 bits per heavy atom. The number of hydrogen-bond acceptors (Lipinski definition) is 4. The molecule has 0 saturated carbocycles. The zero-order valence-corrected chi connectivity index (χ0v) is 13.0. The molecule has 5 heteroatoms. The Bertz CT molecular complexity index is 638. The maximum absolute atomic E-state index is 11.7. The number of esters is 1. The molecule has 0 aliphatic heterocycles. The summed E-state index contributed by atoms with van der Waals surface area (Å²) in [5.74, 6) is 0.0972. The zero-order chi connectivity index (χ0) is 16.5. The maximum atomic E-state index is 11.7. The number of nitrogens with one attached hydrogen (secondary N) is 1. The van der Waals surface area contributed by atoms with Gasteiger partial charge in [-0.05, 0) is 23.3 Å². The Balaban J connectivity index is 1.74. The molecule has 0 fully saturated rings. The molecule has 0 aliphatic rings. The van der Waals surface area contributed by atoms with E-state index in [4.69, 9.17) is 4.74 Å². The predicted molar refractivity (Wildman–Crippen MR) is 85.9 cm³/mol. The van der Waals surface area contributed by atoms with Crippen LogP contribution in [0.15, 0.2) is 54.6 Å². The first-order chi connectivity index (χ1) is 11.2. The molecule has 0 unspecified atom stereocenters. The molecule has 2 aromatic rings. The van der Waals surface area contributed by atoms with Gasteiger partial charge < -0.3 is 14.8 Å². The lowest BCUT2D eigenvalue weighted by molar-refractivity contribution is -0.139. The van der Waals surface area contributed by atoms with Gasteiger partial charge in [-0.2, -0.15) is 0 Å². The lowest BCUT2D eigenvalue weighted by atomic mass is 10.1. The summed E-state index contributed by atoms with van der Waals surface area (Å²) in [5.41, 5.74) is 1.87. The van der Waals surface area contributed by atoms with E-state index < -0.39 is 0 Å². The fraction of sp³-hybridized carbons (Fsp3) is 0.222. The summed E-state index contributed by atoms with van der Waals surface area (Å²) >= 11 is 0. The molecule has 2 aromatic carbocycles. The molecule has 0 spiro atoms. The molecular formula is C18H19NO4. The van der Waals surface area contributed by atoms with Gasteiger partial charge in [0.1, 0.15) is 5.75 Å². The van der Waals surface area contributed by atoms with Crippen LogP contribution in [0.25, 0.3) is 0 Å². The number of benzene rings is 2. The minimum absolute atomic E-state index is 0.0524. The van der Waals surface area contributed by atoms with E-state index in [0.29, 0.717) is 12.3 Å². The van der Waals surface area contributed by atoms with Gasteiger partial charge >= 0.3 is 5.97 Å². The quantitative estimate of drug-likeness (QED) is 0.795. The fourth-order valence-corrected chi connectivity index (χ4v) is 1.94. The second-order valence-electron chi connectivity index (χ2n) is 4.95. The van der Waals surface area contributed by atoms with Crippen LogP contribution in [0.4, 0.5) is 0 Å². The fourth-order valence-electron chi connectivity index (χ4n) is 1.94. The number of carbonyl (C=O) groups excluding carboxylic acids is 2. The molecule has 1 N–H and O–H groups in total. The first kappa shape index (κ1) is 16.5. The molecular weight excluding hydrogens is 294 g/mol. The number of methoxy groups -OCH3 is 1. The maximum Gasteiger partial charge on any atom is 0.309 e. The summed E-state index contributed by atoms with van der Waals surface area (Å²) in [5, 5.41) is 2.79. The van der Waals surface area contributed by atoms with Crippen LogP contribution < -0.4 is 10.1 Å². The van der Waals surface area contributed by atoms with Gasteiger partial charge in [0.15, 0.2) is 6.61 Å². The Hall–Kier alpha value is -2.82. The van der Waals surface area contributed by atoms with Gasteiger partial charge in [0.25, 0.3) is 5.91 Å². The number of carbonyl (C=O) groups is 2. The van der Waals surface area contributed by atoms with E-state index in [0.717, 1.165) is 11.1 Å². The van der Waals surface area contributed by atoms with Crippen LogP contribution in [0.2, 0.25) is 0 Å². The second kappa shape index (κ2) is 8.58. The highest BCUT2D eigenvalue weighted by Crippen LogP contribution is 2.12.